The van der Waals surface area contributed by atoms with Gasteiger partial charge in [0.2, 0.25) is 11.8 Å². The number of carbonyl (C=O) groups excluding carboxylic acids is 2. The summed E-state index contributed by atoms with van der Waals surface area (Å²) in [7, 11) is 0. The third kappa shape index (κ3) is 2.97. The van der Waals surface area contributed by atoms with Crippen LogP contribution in [0, 0.1) is 0 Å². The van der Waals surface area contributed by atoms with Gasteiger partial charge in [-0.05, 0) is 37.1 Å². The minimum Gasteiger partial charge on any atom is -0.352 e. The molecule has 2 heterocycles. The van der Waals surface area contributed by atoms with Gasteiger partial charge in [-0.2, -0.15) is 0 Å². The van der Waals surface area contributed by atoms with E-state index in [-0.39, 0.29) is 17.9 Å². The second-order valence-electron chi connectivity index (χ2n) is 5.28. The molecule has 0 radical (unpaired) electrons. The smallest absolute Gasteiger partial charge is 0.243 e. The fourth-order valence-corrected chi connectivity index (χ4v) is 3.22. The lowest BCUT2D eigenvalue weighted by molar-refractivity contribution is -0.138. The number of likely N-dealkylation sites (tertiary alicyclic amines) is 1. The van der Waals surface area contributed by atoms with Crippen LogP contribution in [0.2, 0.25) is 0 Å². The van der Waals surface area contributed by atoms with Gasteiger partial charge in [0.25, 0.3) is 0 Å². The molecule has 1 aromatic heterocycles. The highest BCUT2D eigenvalue weighted by molar-refractivity contribution is 7.10. The molecule has 2 fully saturated rings. The SMILES string of the molecule is O=C(NC1CC1)[C@@H]1CCCN1C(=O)Cc1cccs1. The molecule has 2 aliphatic rings. The van der Waals surface area contributed by atoms with Gasteiger partial charge in [0.15, 0.2) is 0 Å². The van der Waals surface area contributed by atoms with Crippen molar-refractivity contribution in [2.45, 2.75) is 44.2 Å². The Kier molecular flexibility index (Phi) is 3.55. The van der Waals surface area contributed by atoms with Gasteiger partial charge in [-0.15, -0.1) is 11.3 Å². The molecule has 1 aliphatic carbocycles. The summed E-state index contributed by atoms with van der Waals surface area (Å²) in [5, 5.41) is 4.99. The van der Waals surface area contributed by atoms with Gasteiger partial charge in [0.1, 0.15) is 6.04 Å². The number of nitrogens with zero attached hydrogens (tertiary/aromatic N) is 1. The second-order valence-corrected chi connectivity index (χ2v) is 6.32. The van der Waals surface area contributed by atoms with Crippen LogP contribution < -0.4 is 5.32 Å². The molecule has 1 saturated carbocycles. The van der Waals surface area contributed by atoms with Crippen LogP contribution in [0.15, 0.2) is 17.5 Å². The van der Waals surface area contributed by atoms with E-state index in [9.17, 15) is 9.59 Å². The fourth-order valence-electron chi connectivity index (χ4n) is 2.53. The molecule has 19 heavy (non-hydrogen) atoms. The van der Waals surface area contributed by atoms with Crippen LogP contribution in [-0.4, -0.2) is 35.3 Å². The Morgan fingerprint density at radius 2 is 2.21 bits per heavy atom. The zero-order chi connectivity index (χ0) is 13.2. The van der Waals surface area contributed by atoms with Crippen LogP contribution in [0.5, 0.6) is 0 Å². The molecule has 0 aromatic carbocycles. The zero-order valence-electron chi connectivity index (χ0n) is 10.8. The summed E-state index contributed by atoms with van der Waals surface area (Å²) >= 11 is 1.59. The van der Waals surface area contributed by atoms with Crippen LogP contribution in [0.25, 0.3) is 0 Å². The van der Waals surface area contributed by atoms with Crippen LogP contribution >= 0.6 is 11.3 Å². The molecule has 102 valence electrons. The Labute approximate surface area is 116 Å². The van der Waals surface area contributed by atoms with E-state index < -0.39 is 0 Å². The van der Waals surface area contributed by atoms with Crippen molar-refractivity contribution in [2.75, 3.05) is 6.54 Å². The fraction of sp³-hybridized carbons (Fsp3) is 0.571. The first-order valence-electron chi connectivity index (χ1n) is 6.86. The first kappa shape index (κ1) is 12.7. The Morgan fingerprint density at radius 1 is 1.37 bits per heavy atom. The van der Waals surface area contributed by atoms with Crippen LogP contribution in [-0.2, 0) is 16.0 Å². The summed E-state index contributed by atoms with van der Waals surface area (Å²) in [5.74, 6) is 0.121. The third-order valence-electron chi connectivity index (χ3n) is 3.71. The van der Waals surface area contributed by atoms with Gasteiger partial charge < -0.3 is 10.2 Å². The molecule has 3 rings (SSSR count). The molecule has 0 spiro atoms. The lowest BCUT2D eigenvalue weighted by atomic mass is 10.2. The molecule has 1 N–H and O–H groups in total. The predicted octanol–water partition coefficient (Wildman–Crippen LogP) is 1.56. The number of hydrogen-bond donors (Lipinski definition) is 1. The van der Waals surface area contributed by atoms with E-state index in [4.69, 9.17) is 0 Å². The van der Waals surface area contributed by atoms with Crippen molar-refractivity contribution in [1.82, 2.24) is 10.2 Å². The van der Waals surface area contributed by atoms with Crippen molar-refractivity contribution in [2.24, 2.45) is 0 Å². The molecule has 5 heteroatoms. The van der Waals surface area contributed by atoms with Gasteiger partial charge in [-0.25, -0.2) is 0 Å². The third-order valence-corrected chi connectivity index (χ3v) is 4.58. The Hall–Kier alpha value is -1.36. The summed E-state index contributed by atoms with van der Waals surface area (Å²) < 4.78 is 0. The molecule has 1 atom stereocenters. The van der Waals surface area contributed by atoms with Gasteiger partial charge in [0.05, 0.1) is 6.42 Å². The van der Waals surface area contributed by atoms with Crippen molar-refractivity contribution in [1.29, 1.82) is 0 Å². The summed E-state index contributed by atoms with van der Waals surface area (Å²) in [6.45, 7) is 0.715. The maximum atomic E-state index is 12.3. The maximum Gasteiger partial charge on any atom is 0.243 e. The first-order chi connectivity index (χ1) is 9.24. The van der Waals surface area contributed by atoms with Crippen LogP contribution in [0.4, 0.5) is 0 Å². The molecule has 0 unspecified atom stereocenters. The van der Waals surface area contributed by atoms with Crippen molar-refractivity contribution >= 4 is 23.2 Å². The lowest BCUT2D eigenvalue weighted by Crippen LogP contribution is -2.46. The quantitative estimate of drug-likeness (QED) is 0.908. The number of amides is 2. The topological polar surface area (TPSA) is 49.4 Å². The number of thiophene rings is 1. The number of nitrogens with one attached hydrogen (secondary N) is 1. The highest BCUT2D eigenvalue weighted by Crippen LogP contribution is 2.23. The van der Waals surface area contributed by atoms with E-state index in [1.165, 1.54) is 0 Å². The van der Waals surface area contributed by atoms with Crippen molar-refractivity contribution < 1.29 is 9.59 Å². The van der Waals surface area contributed by atoms with E-state index in [0.29, 0.717) is 19.0 Å². The average Bonchev–Trinajstić information content (AvgIpc) is 2.91. The standard InChI is InChI=1S/C14H18N2O2S/c17-13(9-11-3-2-8-19-11)16-7-1-4-12(16)14(18)15-10-5-6-10/h2-3,8,10,12H,1,4-7,9H2,(H,15,18)/t12-/m0/s1. The van der Waals surface area contributed by atoms with Crippen molar-refractivity contribution in [3.63, 3.8) is 0 Å². The van der Waals surface area contributed by atoms with Gasteiger partial charge >= 0.3 is 0 Å². The zero-order valence-corrected chi connectivity index (χ0v) is 11.6. The van der Waals surface area contributed by atoms with Gasteiger partial charge in [0, 0.05) is 17.5 Å². The largest absolute Gasteiger partial charge is 0.352 e. The lowest BCUT2D eigenvalue weighted by Gasteiger charge is -2.23. The Morgan fingerprint density at radius 3 is 2.89 bits per heavy atom. The highest BCUT2D eigenvalue weighted by atomic mass is 32.1. The van der Waals surface area contributed by atoms with Crippen molar-refractivity contribution in [3.05, 3.63) is 22.4 Å². The van der Waals surface area contributed by atoms with E-state index in [0.717, 1.165) is 30.6 Å². The molecular weight excluding hydrogens is 260 g/mol. The molecule has 4 nitrogen and oxygen atoms in total. The molecule has 2 amide bonds. The Bertz CT molecular complexity index is 468. The predicted molar refractivity (Wildman–Crippen MR) is 73.9 cm³/mol. The number of carbonyl (C=O) groups is 2. The van der Waals surface area contributed by atoms with Gasteiger partial charge in [-0.1, -0.05) is 6.07 Å². The normalized spacial score (nSPS) is 22.5. The molecule has 1 aromatic rings. The second kappa shape index (κ2) is 5.33. The highest BCUT2D eigenvalue weighted by Gasteiger charge is 2.36. The van der Waals surface area contributed by atoms with E-state index >= 15 is 0 Å². The summed E-state index contributed by atoms with van der Waals surface area (Å²) in [5.41, 5.74) is 0. The van der Waals surface area contributed by atoms with Crippen LogP contribution in [0.1, 0.15) is 30.6 Å². The van der Waals surface area contributed by atoms with Crippen molar-refractivity contribution in [3.8, 4) is 0 Å². The number of hydrogen-bond acceptors (Lipinski definition) is 3. The van der Waals surface area contributed by atoms with Crippen LogP contribution in [0.3, 0.4) is 0 Å². The Balaban J connectivity index is 1.61. The molecule has 0 bridgehead atoms. The number of rotatable bonds is 4. The minimum atomic E-state index is -0.243. The average molecular weight is 278 g/mol. The minimum absolute atomic E-state index is 0.0412. The molecular formula is C14H18N2O2S. The van der Waals surface area contributed by atoms with E-state index in [1.807, 2.05) is 17.5 Å². The van der Waals surface area contributed by atoms with E-state index in [1.54, 1.807) is 16.2 Å². The summed E-state index contributed by atoms with van der Waals surface area (Å²) in [6.07, 6.45) is 4.32. The first-order valence-corrected chi connectivity index (χ1v) is 7.74. The molecule has 1 saturated heterocycles. The monoisotopic (exact) mass is 278 g/mol. The maximum absolute atomic E-state index is 12.3. The molecule has 1 aliphatic heterocycles. The summed E-state index contributed by atoms with van der Waals surface area (Å²) in [6, 6.07) is 4.04. The van der Waals surface area contributed by atoms with E-state index in [2.05, 4.69) is 5.32 Å². The summed E-state index contributed by atoms with van der Waals surface area (Å²) in [4.78, 5) is 27.2. The van der Waals surface area contributed by atoms with Gasteiger partial charge in [-0.3, -0.25) is 9.59 Å².